The zero-order valence-corrected chi connectivity index (χ0v) is 13.2. The van der Waals surface area contributed by atoms with Gasteiger partial charge >= 0.3 is 0 Å². The fraction of sp³-hybridized carbons (Fsp3) is 0.588. The average Bonchev–Trinajstić information content (AvgIpc) is 3.05. The molecule has 120 valence electrons. The van der Waals surface area contributed by atoms with E-state index >= 15 is 0 Å². The number of nitrogens with zero attached hydrogens (tertiary/aromatic N) is 1. The maximum atomic E-state index is 12.7. The zero-order valence-electron chi connectivity index (χ0n) is 13.2. The Morgan fingerprint density at radius 3 is 2.95 bits per heavy atom. The van der Waals surface area contributed by atoms with Crippen LogP contribution in [0.15, 0.2) is 30.3 Å². The van der Waals surface area contributed by atoms with E-state index < -0.39 is 0 Å². The van der Waals surface area contributed by atoms with E-state index in [1.807, 2.05) is 18.2 Å². The van der Waals surface area contributed by atoms with Crippen LogP contribution >= 0.6 is 0 Å². The maximum Gasteiger partial charge on any atom is 0.226 e. The van der Waals surface area contributed by atoms with Crippen molar-refractivity contribution in [2.75, 3.05) is 26.2 Å². The third-order valence-electron chi connectivity index (χ3n) is 4.78. The summed E-state index contributed by atoms with van der Waals surface area (Å²) in [5.41, 5.74) is 7.54. The molecule has 0 spiro atoms. The van der Waals surface area contributed by atoms with Crippen LogP contribution in [0.2, 0.25) is 0 Å². The van der Waals surface area contributed by atoms with Gasteiger partial charge in [-0.1, -0.05) is 37.3 Å². The summed E-state index contributed by atoms with van der Waals surface area (Å²) in [5, 5.41) is 3.26. The number of piperidine rings is 1. The zero-order chi connectivity index (χ0) is 15.4. The van der Waals surface area contributed by atoms with Gasteiger partial charge < -0.3 is 10.2 Å². The van der Waals surface area contributed by atoms with Gasteiger partial charge in [-0.2, -0.15) is 0 Å². The molecule has 3 unspecified atom stereocenters. The van der Waals surface area contributed by atoms with Gasteiger partial charge in [0.2, 0.25) is 5.91 Å². The first-order chi connectivity index (χ1) is 10.8. The number of hydrazine groups is 1. The molecule has 2 aliphatic heterocycles. The van der Waals surface area contributed by atoms with Crippen LogP contribution in [-0.2, 0) is 4.79 Å². The number of likely N-dealkylation sites (tertiary alicyclic amines) is 1. The van der Waals surface area contributed by atoms with Crippen LogP contribution in [0.25, 0.3) is 0 Å². The van der Waals surface area contributed by atoms with Gasteiger partial charge in [-0.05, 0) is 31.5 Å². The predicted molar refractivity (Wildman–Crippen MR) is 87.1 cm³/mol. The Kier molecular flexibility index (Phi) is 5.08. The van der Waals surface area contributed by atoms with E-state index in [-0.39, 0.29) is 17.9 Å². The third kappa shape index (κ3) is 3.48. The van der Waals surface area contributed by atoms with Crippen molar-refractivity contribution in [3.63, 3.8) is 0 Å². The van der Waals surface area contributed by atoms with Gasteiger partial charge in [-0.3, -0.25) is 10.2 Å². The molecule has 3 N–H and O–H groups in total. The highest BCUT2D eigenvalue weighted by molar-refractivity contribution is 5.80. The van der Waals surface area contributed by atoms with Crippen molar-refractivity contribution in [3.8, 4) is 0 Å². The van der Waals surface area contributed by atoms with Gasteiger partial charge in [0.25, 0.3) is 0 Å². The van der Waals surface area contributed by atoms with E-state index in [0.29, 0.717) is 12.6 Å². The molecule has 5 heteroatoms. The highest BCUT2D eigenvalue weighted by Crippen LogP contribution is 2.25. The number of hydrogen-bond donors (Lipinski definition) is 3. The number of rotatable bonds is 4. The molecule has 2 heterocycles. The Labute approximate surface area is 132 Å². The molecule has 3 rings (SSSR count). The lowest BCUT2D eigenvalue weighted by molar-refractivity contribution is -0.126. The molecule has 0 radical (unpaired) electrons. The van der Waals surface area contributed by atoms with E-state index in [4.69, 9.17) is 0 Å². The van der Waals surface area contributed by atoms with Gasteiger partial charge in [0.15, 0.2) is 0 Å². The predicted octanol–water partition coefficient (Wildman–Crippen LogP) is 1.05. The van der Waals surface area contributed by atoms with Crippen molar-refractivity contribution in [1.82, 2.24) is 21.1 Å². The second kappa shape index (κ2) is 7.22. The lowest BCUT2D eigenvalue weighted by Gasteiger charge is -2.33. The molecule has 1 amide bonds. The topological polar surface area (TPSA) is 56.4 Å². The van der Waals surface area contributed by atoms with Crippen molar-refractivity contribution in [1.29, 1.82) is 0 Å². The first-order valence-electron chi connectivity index (χ1n) is 8.34. The minimum Gasteiger partial charge on any atom is -0.352 e. The number of benzene rings is 1. The fourth-order valence-corrected chi connectivity index (χ4v) is 3.49. The van der Waals surface area contributed by atoms with Crippen LogP contribution in [0, 0.1) is 5.92 Å². The van der Waals surface area contributed by atoms with E-state index in [1.165, 1.54) is 6.42 Å². The van der Waals surface area contributed by atoms with E-state index in [9.17, 15) is 4.79 Å². The lowest BCUT2D eigenvalue weighted by atomic mass is 9.93. The van der Waals surface area contributed by atoms with Crippen molar-refractivity contribution < 1.29 is 4.79 Å². The third-order valence-corrected chi connectivity index (χ3v) is 4.78. The summed E-state index contributed by atoms with van der Waals surface area (Å²) in [7, 11) is 0. The molecule has 2 aliphatic rings. The number of amides is 1. The Morgan fingerprint density at radius 2 is 2.18 bits per heavy atom. The normalized spacial score (nSPS) is 29.4. The number of nitrogens with one attached hydrogen (secondary N) is 3. The highest BCUT2D eigenvalue weighted by atomic mass is 16.2. The molecule has 1 aromatic rings. The first kappa shape index (κ1) is 15.5. The molecule has 0 saturated carbocycles. The SMILES string of the molecule is CCN1CCCC(NC(=O)C2CNNC2c2ccccc2)C1. The second-order valence-corrected chi connectivity index (χ2v) is 6.26. The molecule has 0 aliphatic carbocycles. The summed E-state index contributed by atoms with van der Waals surface area (Å²) in [6, 6.07) is 10.5. The molecule has 2 fully saturated rings. The van der Waals surface area contributed by atoms with E-state index in [1.54, 1.807) is 0 Å². The molecule has 3 atom stereocenters. The van der Waals surface area contributed by atoms with Crippen LogP contribution in [0.1, 0.15) is 31.4 Å². The van der Waals surface area contributed by atoms with Gasteiger partial charge in [-0.25, -0.2) is 5.43 Å². The Bertz CT molecular complexity index is 493. The molecule has 2 saturated heterocycles. The van der Waals surface area contributed by atoms with Crippen LogP contribution in [0.3, 0.4) is 0 Å². The van der Waals surface area contributed by atoms with Crippen molar-refractivity contribution >= 4 is 5.91 Å². The minimum atomic E-state index is -0.0561. The van der Waals surface area contributed by atoms with Gasteiger partial charge in [0, 0.05) is 19.1 Å². The van der Waals surface area contributed by atoms with Crippen molar-refractivity contribution in [3.05, 3.63) is 35.9 Å². The summed E-state index contributed by atoms with van der Waals surface area (Å²) < 4.78 is 0. The fourth-order valence-electron chi connectivity index (χ4n) is 3.49. The number of carbonyl (C=O) groups is 1. The minimum absolute atomic E-state index is 0.0482. The van der Waals surface area contributed by atoms with Crippen molar-refractivity contribution in [2.45, 2.75) is 31.8 Å². The molecule has 5 nitrogen and oxygen atoms in total. The second-order valence-electron chi connectivity index (χ2n) is 6.26. The Hall–Kier alpha value is -1.43. The van der Waals surface area contributed by atoms with Crippen molar-refractivity contribution in [2.24, 2.45) is 5.92 Å². The van der Waals surface area contributed by atoms with Crippen LogP contribution < -0.4 is 16.2 Å². The summed E-state index contributed by atoms with van der Waals surface area (Å²) in [6.07, 6.45) is 2.26. The summed E-state index contributed by atoms with van der Waals surface area (Å²) in [4.78, 5) is 15.1. The van der Waals surface area contributed by atoms with E-state index in [2.05, 4.69) is 40.1 Å². The molecule has 0 aromatic heterocycles. The molecular weight excluding hydrogens is 276 g/mol. The van der Waals surface area contributed by atoms with Crippen LogP contribution in [0.5, 0.6) is 0 Å². The highest BCUT2D eigenvalue weighted by Gasteiger charge is 2.35. The summed E-state index contributed by atoms with van der Waals surface area (Å²) in [6.45, 7) is 6.05. The molecule has 1 aromatic carbocycles. The number of likely N-dealkylation sites (N-methyl/N-ethyl adjacent to an activating group) is 1. The Balaban J connectivity index is 1.61. The Morgan fingerprint density at radius 1 is 1.36 bits per heavy atom. The average molecular weight is 302 g/mol. The van der Waals surface area contributed by atoms with Crippen LogP contribution in [0.4, 0.5) is 0 Å². The van der Waals surface area contributed by atoms with Gasteiger partial charge in [0.1, 0.15) is 0 Å². The maximum absolute atomic E-state index is 12.7. The first-order valence-corrected chi connectivity index (χ1v) is 8.34. The quantitative estimate of drug-likeness (QED) is 0.778. The van der Waals surface area contributed by atoms with E-state index in [0.717, 1.165) is 31.6 Å². The van der Waals surface area contributed by atoms with Gasteiger partial charge in [0.05, 0.1) is 12.0 Å². The molecular formula is C17H26N4O. The lowest BCUT2D eigenvalue weighted by Crippen LogP contribution is -2.49. The number of hydrogen-bond acceptors (Lipinski definition) is 4. The van der Waals surface area contributed by atoms with Crippen LogP contribution in [-0.4, -0.2) is 43.0 Å². The number of carbonyl (C=O) groups excluding carboxylic acids is 1. The summed E-state index contributed by atoms with van der Waals surface area (Å²) >= 11 is 0. The smallest absolute Gasteiger partial charge is 0.226 e. The summed E-state index contributed by atoms with van der Waals surface area (Å²) in [5.74, 6) is 0.105. The largest absolute Gasteiger partial charge is 0.352 e. The standard InChI is InChI=1S/C17H26N4O/c1-2-21-10-6-9-14(12-21)19-17(22)15-11-18-20-16(15)13-7-4-3-5-8-13/h3-5,7-8,14-16,18,20H,2,6,9-12H2,1H3,(H,19,22). The van der Waals surface area contributed by atoms with Gasteiger partial charge in [-0.15, -0.1) is 0 Å². The monoisotopic (exact) mass is 302 g/mol. The molecule has 22 heavy (non-hydrogen) atoms. The molecule has 0 bridgehead atoms.